The Bertz CT molecular complexity index is 546. The molecule has 0 radical (unpaired) electrons. The predicted molar refractivity (Wildman–Crippen MR) is 58.7 cm³/mol. The number of hydrogen-bond donors (Lipinski definition) is 2. The fourth-order valence-corrected chi connectivity index (χ4v) is 1.18. The topological polar surface area (TPSA) is 110 Å². The number of ether oxygens (including phenoxy) is 1. The van der Waals surface area contributed by atoms with Gasteiger partial charge in [-0.15, -0.1) is 0 Å². The minimum atomic E-state index is -0.654. The molecule has 2 aromatic rings. The van der Waals surface area contributed by atoms with E-state index in [2.05, 4.69) is 20.7 Å². The van der Waals surface area contributed by atoms with Gasteiger partial charge in [0.1, 0.15) is 11.5 Å². The smallest absolute Gasteiger partial charge is 0.356 e. The van der Waals surface area contributed by atoms with Crippen molar-refractivity contribution in [1.29, 1.82) is 0 Å². The van der Waals surface area contributed by atoms with Gasteiger partial charge in [0.25, 0.3) is 5.91 Å². The molecule has 0 saturated carbocycles. The largest absolute Gasteiger partial charge is 0.451 e. The molecule has 2 N–H and O–H groups in total. The van der Waals surface area contributed by atoms with Crippen LogP contribution in [0.15, 0.2) is 22.9 Å². The second-order valence-corrected chi connectivity index (χ2v) is 3.42. The quantitative estimate of drug-likeness (QED) is 0.764. The Labute approximate surface area is 101 Å². The van der Waals surface area contributed by atoms with Gasteiger partial charge in [0.2, 0.25) is 0 Å². The number of esters is 1. The highest BCUT2D eigenvalue weighted by molar-refractivity contribution is 5.94. The molecular weight excluding hydrogens is 240 g/mol. The van der Waals surface area contributed by atoms with Gasteiger partial charge in [0.15, 0.2) is 12.4 Å². The standard InChI is InChI=1S/C10H10N4O4/c1-6-4-8(14-18-6)12-9(15)5-17-10(16)7-2-3-11-13-7/h2-4H,5H2,1H3,(H,11,13)(H,12,14,15). The van der Waals surface area contributed by atoms with Crippen molar-refractivity contribution in [2.24, 2.45) is 0 Å². The van der Waals surface area contributed by atoms with Crippen LogP contribution in [0.25, 0.3) is 0 Å². The van der Waals surface area contributed by atoms with E-state index in [4.69, 9.17) is 9.26 Å². The van der Waals surface area contributed by atoms with Crippen LogP contribution < -0.4 is 5.32 Å². The van der Waals surface area contributed by atoms with Crippen LogP contribution in [0.3, 0.4) is 0 Å². The summed E-state index contributed by atoms with van der Waals surface area (Å²) in [5.74, 6) is -0.315. The SMILES string of the molecule is Cc1cc(NC(=O)COC(=O)c2ccn[nH]2)no1. The zero-order valence-electron chi connectivity index (χ0n) is 9.47. The third-order valence-electron chi connectivity index (χ3n) is 1.95. The molecule has 8 nitrogen and oxygen atoms in total. The van der Waals surface area contributed by atoms with E-state index in [-0.39, 0.29) is 11.5 Å². The summed E-state index contributed by atoms with van der Waals surface area (Å²) in [7, 11) is 0. The van der Waals surface area contributed by atoms with Crippen molar-refractivity contribution in [3.8, 4) is 0 Å². The molecule has 0 aliphatic heterocycles. The number of amides is 1. The number of carbonyl (C=O) groups is 2. The van der Waals surface area contributed by atoms with E-state index in [9.17, 15) is 9.59 Å². The predicted octanol–water partition coefficient (Wildman–Crippen LogP) is 0.502. The van der Waals surface area contributed by atoms with Crippen LogP contribution in [0.5, 0.6) is 0 Å². The monoisotopic (exact) mass is 250 g/mol. The first-order valence-corrected chi connectivity index (χ1v) is 5.05. The maximum atomic E-state index is 11.4. The summed E-state index contributed by atoms with van der Waals surface area (Å²) >= 11 is 0. The summed E-state index contributed by atoms with van der Waals surface area (Å²) < 4.78 is 9.51. The van der Waals surface area contributed by atoms with Gasteiger partial charge in [-0.1, -0.05) is 5.16 Å². The minimum Gasteiger partial charge on any atom is -0.451 e. The van der Waals surface area contributed by atoms with E-state index in [1.165, 1.54) is 12.3 Å². The summed E-state index contributed by atoms with van der Waals surface area (Å²) in [5, 5.41) is 12.0. The molecule has 2 heterocycles. The second-order valence-electron chi connectivity index (χ2n) is 3.42. The van der Waals surface area contributed by atoms with E-state index in [1.807, 2.05) is 0 Å². The number of H-pyrrole nitrogens is 1. The molecule has 0 spiro atoms. The van der Waals surface area contributed by atoms with Gasteiger partial charge >= 0.3 is 5.97 Å². The lowest BCUT2D eigenvalue weighted by molar-refractivity contribution is -0.119. The van der Waals surface area contributed by atoms with E-state index in [0.717, 1.165) is 0 Å². The van der Waals surface area contributed by atoms with Gasteiger partial charge in [-0.05, 0) is 13.0 Å². The molecule has 0 aliphatic rings. The van der Waals surface area contributed by atoms with Crippen LogP contribution in [0.1, 0.15) is 16.2 Å². The molecule has 0 fully saturated rings. The molecule has 2 aromatic heterocycles. The summed E-state index contributed by atoms with van der Waals surface area (Å²) in [6.07, 6.45) is 1.41. The zero-order chi connectivity index (χ0) is 13.0. The molecule has 18 heavy (non-hydrogen) atoms. The number of nitrogens with zero attached hydrogens (tertiary/aromatic N) is 2. The average Bonchev–Trinajstić information content (AvgIpc) is 2.97. The Morgan fingerprint density at radius 1 is 1.56 bits per heavy atom. The molecule has 0 unspecified atom stereocenters. The summed E-state index contributed by atoms with van der Waals surface area (Å²) in [4.78, 5) is 22.8. The fraction of sp³-hybridized carbons (Fsp3) is 0.200. The van der Waals surface area contributed by atoms with Gasteiger partial charge in [0, 0.05) is 12.3 Å². The lowest BCUT2D eigenvalue weighted by atomic mass is 10.4. The van der Waals surface area contributed by atoms with Crippen LogP contribution in [-0.2, 0) is 9.53 Å². The van der Waals surface area contributed by atoms with E-state index in [0.29, 0.717) is 5.76 Å². The highest BCUT2D eigenvalue weighted by Crippen LogP contribution is 2.06. The van der Waals surface area contributed by atoms with Gasteiger partial charge in [-0.2, -0.15) is 5.10 Å². The van der Waals surface area contributed by atoms with Crippen molar-refractivity contribution in [3.05, 3.63) is 29.8 Å². The molecule has 1 amide bonds. The molecule has 8 heteroatoms. The van der Waals surface area contributed by atoms with Crippen LogP contribution in [0, 0.1) is 6.92 Å². The van der Waals surface area contributed by atoms with Crippen molar-refractivity contribution >= 4 is 17.7 Å². The first-order chi connectivity index (χ1) is 8.65. The molecule has 2 rings (SSSR count). The summed E-state index contributed by atoms with van der Waals surface area (Å²) in [6, 6.07) is 3.00. The highest BCUT2D eigenvalue weighted by Gasteiger charge is 2.12. The summed E-state index contributed by atoms with van der Waals surface area (Å²) in [6.45, 7) is 1.28. The maximum Gasteiger partial charge on any atom is 0.356 e. The number of nitrogens with one attached hydrogen (secondary N) is 2. The van der Waals surface area contributed by atoms with Crippen molar-refractivity contribution in [2.45, 2.75) is 6.92 Å². The van der Waals surface area contributed by atoms with Crippen LogP contribution in [0.2, 0.25) is 0 Å². The first kappa shape index (κ1) is 11.8. The Morgan fingerprint density at radius 2 is 2.39 bits per heavy atom. The van der Waals surface area contributed by atoms with Gasteiger partial charge in [-0.25, -0.2) is 4.79 Å². The van der Waals surface area contributed by atoms with E-state index < -0.39 is 18.5 Å². The second kappa shape index (κ2) is 5.13. The number of carbonyl (C=O) groups excluding carboxylic acids is 2. The number of rotatable bonds is 4. The average molecular weight is 250 g/mol. The number of aromatic amines is 1. The third-order valence-corrected chi connectivity index (χ3v) is 1.95. The Kier molecular flexibility index (Phi) is 3.37. The van der Waals surface area contributed by atoms with Crippen LogP contribution in [-0.4, -0.2) is 33.8 Å². The van der Waals surface area contributed by atoms with Gasteiger partial charge < -0.3 is 14.6 Å². The Morgan fingerprint density at radius 3 is 3.00 bits per heavy atom. The van der Waals surface area contributed by atoms with Crippen LogP contribution in [0.4, 0.5) is 5.82 Å². The fourth-order valence-electron chi connectivity index (χ4n) is 1.18. The lowest BCUT2D eigenvalue weighted by Crippen LogP contribution is -2.21. The minimum absolute atomic E-state index is 0.181. The van der Waals surface area contributed by atoms with E-state index >= 15 is 0 Å². The maximum absolute atomic E-state index is 11.4. The Hall–Kier alpha value is -2.64. The molecule has 94 valence electrons. The van der Waals surface area contributed by atoms with Gasteiger partial charge in [0.05, 0.1) is 0 Å². The van der Waals surface area contributed by atoms with E-state index in [1.54, 1.807) is 13.0 Å². The van der Waals surface area contributed by atoms with Gasteiger partial charge in [-0.3, -0.25) is 9.89 Å². The normalized spacial score (nSPS) is 10.1. The number of anilines is 1. The molecule has 0 saturated heterocycles. The number of aryl methyl sites for hydroxylation is 1. The molecule has 0 atom stereocenters. The highest BCUT2D eigenvalue weighted by atomic mass is 16.5. The first-order valence-electron chi connectivity index (χ1n) is 5.05. The van der Waals surface area contributed by atoms with Crippen molar-refractivity contribution in [3.63, 3.8) is 0 Å². The van der Waals surface area contributed by atoms with Crippen LogP contribution >= 0.6 is 0 Å². The van der Waals surface area contributed by atoms with Crippen molar-refractivity contribution < 1.29 is 18.8 Å². The Balaban J connectivity index is 1.80. The molecule has 0 bridgehead atoms. The molecular formula is C10H10N4O4. The lowest BCUT2D eigenvalue weighted by Gasteiger charge is -2.02. The number of aromatic nitrogens is 3. The number of hydrogen-bond acceptors (Lipinski definition) is 6. The third kappa shape index (κ3) is 2.94. The molecule has 0 aliphatic carbocycles. The molecule has 0 aromatic carbocycles. The zero-order valence-corrected chi connectivity index (χ0v) is 9.47. The summed E-state index contributed by atoms with van der Waals surface area (Å²) in [5.41, 5.74) is 0.181. The van der Waals surface area contributed by atoms with Crippen molar-refractivity contribution in [2.75, 3.05) is 11.9 Å². The van der Waals surface area contributed by atoms with Crippen molar-refractivity contribution in [1.82, 2.24) is 15.4 Å².